The summed E-state index contributed by atoms with van der Waals surface area (Å²) in [6.45, 7) is 4.11. The lowest BCUT2D eigenvalue weighted by Crippen LogP contribution is -2.40. The summed E-state index contributed by atoms with van der Waals surface area (Å²) in [6, 6.07) is 0. The molecule has 0 bridgehead atoms. The summed E-state index contributed by atoms with van der Waals surface area (Å²) in [5.41, 5.74) is 6.23. The Morgan fingerprint density at radius 2 is 2.21 bits per heavy atom. The monoisotopic (exact) mass is 268 g/mol. The van der Waals surface area contributed by atoms with Crippen LogP contribution in [-0.4, -0.2) is 59.2 Å². The van der Waals surface area contributed by atoms with Gasteiger partial charge in [-0.05, 0) is 31.8 Å². The number of anilines is 1. The first-order valence-electron chi connectivity index (χ1n) is 6.84. The molecule has 0 amide bonds. The van der Waals surface area contributed by atoms with Crippen LogP contribution in [0.25, 0.3) is 0 Å². The molecule has 0 saturated carbocycles. The lowest BCUT2D eigenvalue weighted by atomic mass is 9.97. The predicted molar refractivity (Wildman–Crippen MR) is 73.7 cm³/mol. The van der Waals surface area contributed by atoms with Crippen LogP contribution in [-0.2, 0) is 11.3 Å². The molecule has 0 spiro atoms. The predicted octanol–water partition coefficient (Wildman–Crippen LogP) is 0.185. The Bertz CT molecular complexity index is 374. The maximum Gasteiger partial charge on any atom is 0.0862 e. The van der Waals surface area contributed by atoms with Gasteiger partial charge in [0.2, 0.25) is 0 Å². The van der Waals surface area contributed by atoms with E-state index in [9.17, 15) is 5.11 Å². The minimum Gasteiger partial charge on any atom is -0.396 e. The topological polar surface area (TPSA) is 76.5 Å². The van der Waals surface area contributed by atoms with Crippen molar-refractivity contribution in [2.75, 3.05) is 39.1 Å². The fraction of sp³-hybridized carbons (Fsp3) is 0.769. The Labute approximate surface area is 114 Å². The van der Waals surface area contributed by atoms with Gasteiger partial charge in [-0.3, -0.25) is 4.68 Å². The molecule has 108 valence electrons. The maximum atomic E-state index is 10.1. The number of likely N-dealkylation sites (tertiary alicyclic amines) is 1. The minimum absolute atomic E-state index is 0.404. The van der Waals surface area contributed by atoms with Gasteiger partial charge in [0.25, 0.3) is 0 Å². The fourth-order valence-electron chi connectivity index (χ4n) is 2.62. The molecule has 1 aliphatic rings. The van der Waals surface area contributed by atoms with Gasteiger partial charge in [0.15, 0.2) is 0 Å². The molecular formula is C13H24N4O2. The van der Waals surface area contributed by atoms with E-state index in [0.29, 0.717) is 24.7 Å². The number of piperidine rings is 1. The van der Waals surface area contributed by atoms with E-state index >= 15 is 0 Å². The highest BCUT2D eigenvalue weighted by molar-refractivity contribution is 5.30. The molecule has 2 rings (SSSR count). The van der Waals surface area contributed by atoms with Crippen LogP contribution in [0, 0.1) is 5.92 Å². The zero-order chi connectivity index (χ0) is 13.7. The van der Waals surface area contributed by atoms with Crippen molar-refractivity contribution in [3.8, 4) is 0 Å². The largest absolute Gasteiger partial charge is 0.396 e. The van der Waals surface area contributed by atoms with Crippen molar-refractivity contribution in [3.05, 3.63) is 12.4 Å². The molecule has 1 aromatic rings. The minimum atomic E-state index is -0.404. The molecule has 1 unspecified atom stereocenters. The van der Waals surface area contributed by atoms with Crippen LogP contribution in [0.5, 0.6) is 0 Å². The molecular weight excluding hydrogens is 244 g/mol. The molecule has 6 heteroatoms. The average Bonchev–Trinajstić information content (AvgIpc) is 2.77. The summed E-state index contributed by atoms with van der Waals surface area (Å²) in [7, 11) is 1.76. The zero-order valence-corrected chi connectivity index (χ0v) is 11.5. The Morgan fingerprint density at radius 1 is 1.47 bits per heavy atom. The number of β-amino-alcohol motifs (C(OH)–C–C–N with tert-alkyl or cyclic N) is 1. The molecule has 1 atom stereocenters. The Hall–Kier alpha value is -1.11. The van der Waals surface area contributed by atoms with Gasteiger partial charge in [-0.15, -0.1) is 0 Å². The number of aliphatic hydroxyl groups excluding tert-OH is 1. The Morgan fingerprint density at radius 3 is 2.79 bits per heavy atom. The summed E-state index contributed by atoms with van der Waals surface area (Å²) in [5.74, 6) is 0.671. The van der Waals surface area contributed by atoms with Crippen molar-refractivity contribution >= 4 is 5.69 Å². The third kappa shape index (κ3) is 4.49. The van der Waals surface area contributed by atoms with Crippen molar-refractivity contribution in [1.29, 1.82) is 0 Å². The molecule has 19 heavy (non-hydrogen) atoms. The van der Waals surface area contributed by atoms with Gasteiger partial charge in [-0.1, -0.05) is 0 Å². The molecule has 0 aliphatic carbocycles. The van der Waals surface area contributed by atoms with Crippen LogP contribution in [0.2, 0.25) is 0 Å². The zero-order valence-electron chi connectivity index (χ0n) is 11.5. The van der Waals surface area contributed by atoms with Crippen LogP contribution in [0.4, 0.5) is 5.69 Å². The SMILES string of the molecule is COCC1CCN(CC(O)Cn2cc(N)cn2)CC1. The van der Waals surface area contributed by atoms with E-state index in [-0.39, 0.29) is 0 Å². The lowest BCUT2D eigenvalue weighted by molar-refractivity contribution is 0.0580. The molecule has 0 radical (unpaired) electrons. The molecule has 1 aliphatic heterocycles. The summed E-state index contributed by atoms with van der Waals surface area (Å²) in [4.78, 5) is 2.31. The van der Waals surface area contributed by atoms with E-state index in [1.54, 1.807) is 24.2 Å². The van der Waals surface area contributed by atoms with Crippen molar-refractivity contribution < 1.29 is 9.84 Å². The summed E-state index contributed by atoms with van der Waals surface area (Å²) >= 11 is 0. The van der Waals surface area contributed by atoms with Gasteiger partial charge in [0.1, 0.15) is 0 Å². The molecule has 2 heterocycles. The van der Waals surface area contributed by atoms with Gasteiger partial charge < -0.3 is 20.5 Å². The number of methoxy groups -OCH3 is 1. The molecule has 6 nitrogen and oxygen atoms in total. The molecule has 0 aromatic carbocycles. The summed E-state index contributed by atoms with van der Waals surface area (Å²) in [5, 5.41) is 14.1. The van der Waals surface area contributed by atoms with E-state index in [1.807, 2.05) is 0 Å². The maximum absolute atomic E-state index is 10.1. The molecule has 1 fully saturated rings. The number of hydrogen-bond acceptors (Lipinski definition) is 5. The van der Waals surface area contributed by atoms with E-state index < -0.39 is 6.10 Å². The van der Waals surface area contributed by atoms with Gasteiger partial charge in [-0.25, -0.2) is 0 Å². The van der Waals surface area contributed by atoms with Crippen molar-refractivity contribution in [3.63, 3.8) is 0 Å². The van der Waals surface area contributed by atoms with Gasteiger partial charge in [0.05, 0.1) is 24.5 Å². The number of ether oxygens (including phenoxy) is 1. The van der Waals surface area contributed by atoms with E-state index in [2.05, 4.69) is 10.00 Å². The average molecular weight is 268 g/mol. The van der Waals surface area contributed by atoms with Crippen molar-refractivity contribution in [1.82, 2.24) is 14.7 Å². The third-order valence-corrected chi connectivity index (χ3v) is 3.63. The Kier molecular flexibility index (Phi) is 5.18. The standard InChI is InChI=1S/C13H24N4O2/c1-19-10-11-2-4-16(5-3-11)8-13(18)9-17-7-12(14)6-15-17/h6-7,11,13,18H,2-5,8-10,14H2,1H3. The smallest absolute Gasteiger partial charge is 0.0862 e. The number of aliphatic hydroxyl groups is 1. The van der Waals surface area contributed by atoms with Crippen molar-refractivity contribution in [2.24, 2.45) is 5.92 Å². The van der Waals surface area contributed by atoms with Gasteiger partial charge in [-0.2, -0.15) is 5.10 Å². The van der Waals surface area contributed by atoms with Crippen LogP contribution in [0.15, 0.2) is 12.4 Å². The first-order chi connectivity index (χ1) is 9.17. The number of hydrogen-bond donors (Lipinski definition) is 2. The second kappa shape index (κ2) is 6.88. The van der Waals surface area contributed by atoms with E-state index in [1.165, 1.54) is 0 Å². The molecule has 3 N–H and O–H groups in total. The first-order valence-corrected chi connectivity index (χ1v) is 6.84. The van der Waals surface area contributed by atoms with Gasteiger partial charge >= 0.3 is 0 Å². The van der Waals surface area contributed by atoms with Gasteiger partial charge in [0, 0.05) is 26.5 Å². The van der Waals surface area contributed by atoms with Crippen LogP contribution >= 0.6 is 0 Å². The highest BCUT2D eigenvalue weighted by Crippen LogP contribution is 2.17. The number of nitrogen functional groups attached to an aromatic ring is 1. The van der Waals surface area contributed by atoms with Crippen molar-refractivity contribution in [2.45, 2.75) is 25.5 Å². The van der Waals surface area contributed by atoms with Crippen LogP contribution in [0.3, 0.4) is 0 Å². The van der Waals surface area contributed by atoms with Crippen LogP contribution < -0.4 is 5.73 Å². The normalized spacial score (nSPS) is 19.7. The van der Waals surface area contributed by atoms with E-state index in [4.69, 9.17) is 10.5 Å². The quantitative estimate of drug-likeness (QED) is 0.770. The number of nitrogens with two attached hydrogens (primary N) is 1. The Balaban J connectivity index is 1.70. The second-order valence-electron chi connectivity index (χ2n) is 5.35. The summed E-state index contributed by atoms with van der Waals surface area (Å²) in [6.07, 6.45) is 5.24. The number of rotatable bonds is 6. The number of nitrogens with zero attached hydrogens (tertiary/aromatic N) is 3. The number of aromatic nitrogens is 2. The second-order valence-corrected chi connectivity index (χ2v) is 5.35. The molecule has 1 aromatic heterocycles. The highest BCUT2D eigenvalue weighted by Gasteiger charge is 2.21. The highest BCUT2D eigenvalue weighted by atomic mass is 16.5. The third-order valence-electron chi connectivity index (χ3n) is 3.63. The van der Waals surface area contributed by atoms with Crippen LogP contribution in [0.1, 0.15) is 12.8 Å². The fourth-order valence-corrected chi connectivity index (χ4v) is 2.62. The summed E-state index contributed by atoms with van der Waals surface area (Å²) < 4.78 is 6.88. The molecule has 1 saturated heterocycles. The van der Waals surface area contributed by atoms with E-state index in [0.717, 1.165) is 32.5 Å². The first kappa shape index (κ1) is 14.3. The lowest BCUT2D eigenvalue weighted by Gasteiger charge is -2.32.